The van der Waals surface area contributed by atoms with Crippen LogP contribution in [0.1, 0.15) is 13.3 Å². The van der Waals surface area contributed by atoms with E-state index >= 15 is 0 Å². The fraction of sp³-hybridized carbons (Fsp3) is 0.273. The van der Waals surface area contributed by atoms with Crippen LogP contribution in [0.15, 0.2) is 64.2 Å². The van der Waals surface area contributed by atoms with E-state index in [0.717, 1.165) is 6.42 Å². The largest absolute Gasteiger partial charge is 0.162 e. The van der Waals surface area contributed by atoms with Gasteiger partial charge < -0.3 is 0 Å². The van der Waals surface area contributed by atoms with Gasteiger partial charge in [0.25, 0.3) is 0 Å². The molecule has 0 saturated carbocycles. The van der Waals surface area contributed by atoms with Crippen molar-refractivity contribution in [1.82, 2.24) is 0 Å². The Bertz CT molecular complexity index is 288. The van der Waals surface area contributed by atoms with Crippen molar-refractivity contribution in [3.05, 3.63) is 53.5 Å². The Morgan fingerprint density at radius 3 is 2.13 bits per heavy atom. The first-order chi connectivity index (χ1) is 7.41. The van der Waals surface area contributed by atoms with Crippen LogP contribution in [0, 0.1) is 4.91 Å². The molecule has 0 amide bonds. The molecule has 15 heavy (non-hydrogen) atoms. The first-order valence-corrected chi connectivity index (χ1v) is 4.76. The van der Waals surface area contributed by atoms with Crippen molar-refractivity contribution in [3.63, 3.8) is 0 Å². The molecule has 0 atom stereocenters. The maximum absolute atomic E-state index is 9.50. The van der Waals surface area contributed by atoms with Crippen molar-refractivity contribution in [2.75, 3.05) is 6.54 Å². The molecule has 0 radical (unpaired) electrons. The van der Waals surface area contributed by atoms with Gasteiger partial charge in [-0.15, -0.1) is 4.91 Å². The topological polar surface area (TPSA) is 54.1 Å². The van der Waals surface area contributed by atoms with Gasteiger partial charge in [0, 0.05) is 0 Å². The first kappa shape index (κ1) is 13.2. The predicted molar refractivity (Wildman–Crippen MR) is 62.4 cm³/mol. The van der Waals surface area contributed by atoms with Crippen LogP contribution in [0.5, 0.6) is 0 Å². The molecule has 0 rings (SSSR count). The van der Waals surface area contributed by atoms with E-state index in [-0.39, 0.29) is 0 Å². The summed E-state index contributed by atoms with van der Waals surface area (Å²) in [7, 11) is 0. The number of nitrogens with zero attached hydrogens (tertiary/aromatic N) is 3. The van der Waals surface area contributed by atoms with Crippen molar-refractivity contribution < 1.29 is 0 Å². The lowest BCUT2D eigenvalue weighted by Crippen LogP contribution is -1.65. The second-order valence-electron chi connectivity index (χ2n) is 2.53. The molecule has 0 spiro atoms. The van der Waals surface area contributed by atoms with Crippen molar-refractivity contribution in [2.45, 2.75) is 13.3 Å². The summed E-state index contributed by atoms with van der Waals surface area (Å²) >= 11 is 0. The molecule has 0 aromatic heterocycles. The third-order valence-corrected chi connectivity index (χ3v) is 1.35. The Labute approximate surface area is 89.7 Å². The number of hydrogen-bond acceptors (Lipinski definition) is 2. The normalized spacial score (nSPS) is 13.1. The van der Waals surface area contributed by atoms with Gasteiger partial charge in [0.1, 0.15) is 5.29 Å². The van der Waals surface area contributed by atoms with Crippen molar-refractivity contribution in [2.24, 2.45) is 15.6 Å². The van der Waals surface area contributed by atoms with Gasteiger partial charge in [-0.1, -0.05) is 55.5 Å². The minimum Gasteiger partial charge on any atom is -0.162 e. The molecule has 0 bridgehead atoms. The van der Waals surface area contributed by atoms with Crippen LogP contribution in [0.4, 0.5) is 0 Å². The summed E-state index contributed by atoms with van der Waals surface area (Å²) in [6, 6.07) is 0. The van der Waals surface area contributed by atoms with Crippen LogP contribution in [0.25, 0.3) is 0 Å². The van der Waals surface area contributed by atoms with E-state index in [1.807, 2.05) is 36.5 Å². The van der Waals surface area contributed by atoms with Crippen molar-refractivity contribution >= 4 is 0 Å². The molecule has 0 aliphatic carbocycles. The van der Waals surface area contributed by atoms with E-state index in [2.05, 4.69) is 28.6 Å². The summed E-state index contributed by atoms with van der Waals surface area (Å²) in [5, 5.41) is 8.63. The molecular formula is C11H15N3O. The highest BCUT2D eigenvalue weighted by Gasteiger charge is 1.69. The SMILES string of the molecule is CCC=C/C=C/C=C/C=C/CN=NN=O. The van der Waals surface area contributed by atoms with Gasteiger partial charge in [0.05, 0.1) is 6.54 Å². The number of nitroso groups, excluding NO2 is 1. The Balaban J connectivity index is 3.61. The summed E-state index contributed by atoms with van der Waals surface area (Å²) in [6.45, 7) is 2.46. The highest BCUT2D eigenvalue weighted by Crippen LogP contribution is 1.85. The van der Waals surface area contributed by atoms with E-state index < -0.39 is 0 Å². The van der Waals surface area contributed by atoms with Gasteiger partial charge in [-0.25, -0.2) is 0 Å². The Hall–Kier alpha value is -1.84. The molecular weight excluding hydrogens is 190 g/mol. The average molecular weight is 205 g/mol. The fourth-order valence-corrected chi connectivity index (χ4v) is 0.720. The van der Waals surface area contributed by atoms with E-state index in [1.165, 1.54) is 0 Å². The van der Waals surface area contributed by atoms with Gasteiger partial charge in [0.15, 0.2) is 0 Å². The second kappa shape index (κ2) is 12.2. The number of hydrogen-bond donors (Lipinski definition) is 0. The zero-order valence-corrected chi connectivity index (χ0v) is 8.78. The molecule has 4 nitrogen and oxygen atoms in total. The Morgan fingerprint density at radius 2 is 1.53 bits per heavy atom. The van der Waals surface area contributed by atoms with Gasteiger partial charge in [-0.2, -0.15) is 5.11 Å². The summed E-state index contributed by atoms with van der Waals surface area (Å²) in [4.78, 5) is 9.50. The maximum atomic E-state index is 9.50. The summed E-state index contributed by atoms with van der Waals surface area (Å²) in [5.41, 5.74) is 0. The van der Waals surface area contributed by atoms with Crippen LogP contribution in [0.2, 0.25) is 0 Å². The maximum Gasteiger partial charge on any atom is 0.100 e. The fourth-order valence-electron chi connectivity index (χ4n) is 0.720. The molecule has 0 unspecified atom stereocenters. The summed E-state index contributed by atoms with van der Waals surface area (Å²) in [5.74, 6) is 0. The molecule has 0 aliphatic rings. The number of allylic oxidation sites excluding steroid dienone is 7. The zero-order valence-electron chi connectivity index (χ0n) is 8.78. The molecule has 0 fully saturated rings. The quantitative estimate of drug-likeness (QED) is 0.270. The standard InChI is InChI=1S/C11H15N3O/c1-2-3-4-5-6-7-8-9-10-11-12-13-14-15/h3-10H,2,11H2,1H3/b4-3?,6-5+,8-7+,10-9+,13-12?. The second-order valence-corrected chi connectivity index (χ2v) is 2.53. The predicted octanol–water partition coefficient (Wildman–Crippen LogP) is 3.75. The van der Waals surface area contributed by atoms with Gasteiger partial charge in [-0.3, -0.25) is 0 Å². The highest BCUT2D eigenvalue weighted by atomic mass is 16.3. The van der Waals surface area contributed by atoms with Crippen LogP contribution < -0.4 is 0 Å². The van der Waals surface area contributed by atoms with Gasteiger partial charge in [-0.05, 0) is 11.6 Å². The van der Waals surface area contributed by atoms with Crippen molar-refractivity contribution in [3.8, 4) is 0 Å². The Morgan fingerprint density at radius 1 is 0.933 bits per heavy atom. The van der Waals surface area contributed by atoms with E-state index in [1.54, 1.807) is 6.08 Å². The van der Waals surface area contributed by atoms with Crippen LogP contribution in [-0.2, 0) is 0 Å². The molecule has 0 N–H and O–H groups in total. The lowest BCUT2D eigenvalue weighted by Gasteiger charge is -1.76. The smallest absolute Gasteiger partial charge is 0.100 e. The van der Waals surface area contributed by atoms with Gasteiger partial charge in [0.2, 0.25) is 0 Å². The molecule has 0 aromatic rings. The zero-order chi connectivity index (χ0) is 11.2. The lowest BCUT2D eigenvalue weighted by atomic mass is 10.3. The minimum atomic E-state index is 0.371. The van der Waals surface area contributed by atoms with Crippen LogP contribution >= 0.6 is 0 Å². The number of rotatable bonds is 7. The first-order valence-electron chi connectivity index (χ1n) is 4.76. The van der Waals surface area contributed by atoms with Crippen LogP contribution in [-0.4, -0.2) is 6.54 Å². The van der Waals surface area contributed by atoms with Crippen molar-refractivity contribution in [1.29, 1.82) is 0 Å². The molecule has 0 aromatic carbocycles. The summed E-state index contributed by atoms with van der Waals surface area (Å²) < 4.78 is 0. The van der Waals surface area contributed by atoms with E-state index in [9.17, 15) is 4.91 Å². The molecule has 0 heterocycles. The van der Waals surface area contributed by atoms with E-state index in [4.69, 9.17) is 0 Å². The molecule has 0 saturated heterocycles. The lowest BCUT2D eigenvalue weighted by molar-refractivity contribution is 0.959. The third kappa shape index (κ3) is 12.2. The minimum absolute atomic E-state index is 0.371. The summed E-state index contributed by atoms with van der Waals surface area (Å²) in [6.07, 6.45) is 16.4. The molecule has 0 aliphatic heterocycles. The average Bonchev–Trinajstić information content (AvgIpc) is 2.26. The monoisotopic (exact) mass is 205 g/mol. The molecule has 4 heteroatoms. The third-order valence-electron chi connectivity index (χ3n) is 1.35. The Kier molecular flexibility index (Phi) is 10.7. The molecule has 80 valence electrons. The van der Waals surface area contributed by atoms with Gasteiger partial charge >= 0.3 is 0 Å². The van der Waals surface area contributed by atoms with Crippen LogP contribution in [0.3, 0.4) is 0 Å². The van der Waals surface area contributed by atoms with E-state index in [0.29, 0.717) is 6.54 Å². The highest BCUT2D eigenvalue weighted by molar-refractivity contribution is 5.15.